The highest BCUT2D eigenvalue weighted by molar-refractivity contribution is 6.24. The maximum absolute atomic E-state index is 14.4. The summed E-state index contributed by atoms with van der Waals surface area (Å²) in [6.07, 6.45) is 5.66. The Labute approximate surface area is 210 Å². The fraction of sp³-hybridized carbons (Fsp3) is 0.345. The average Bonchev–Trinajstić information content (AvgIpc) is 2.79. The molecule has 2 aromatic rings. The SMILES string of the molecule is COc1c(CC=C(C)C)c2c(c3c1C(=O)[C@@](CC(C)=O)(c1ccc(O)cc1)C(=O)O3)C=CC(C)(C)O2. The van der Waals surface area contributed by atoms with E-state index in [0.717, 1.165) is 5.57 Å². The van der Waals surface area contributed by atoms with Crippen LogP contribution < -0.4 is 14.2 Å². The van der Waals surface area contributed by atoms with Gasteiger partial charge in [-0.2, -0.15) is 0 Å². The molecule has 2 aliphatic heterocycles. The minimum atomic E-state index is -1.92. The minimum Gasteiger partial charge on any atom is -0.508 e. The molecule has 0 saturated heterocycles. The van der Waals surface area contributed by atoms with Gasteiger partial charge < -0.3 is 19.3 Å². The van der Waals surface area contributed by atoms with Crippen molar-refractivity contribution in [3.63, 3.8) is 0 Å². The molecule has 36 heavy (non-hydrogen) atoms. The molecule has 7 nitrogen and oxygen atoms in total. The first-order valence-electron chi connectivity index (χ1n) is 11.8. The molecule has 0 radical (unpaired) electrons. The van der Waals surface area contributed by atoms with Crippen molar-refractivity contribution < 1.29 is 33.7 Å². The summed E-state index contributed by atoms with van der Waals surface area (Å²) in [5.74, 6) is -1.05. The summed E-state index contributed by atoms with van der Waals surface area (Å²) in [4.78, 5) is 40.4. The summed E-state index contributed by atoms with van der Waals surface area (Å²) in [5.41, 5.74) is 0.0102. The van der Waals surface area contributed by atoms with Gasteiger partial charge in [0.05, 0.1) is 12.7 Å². The number of rotatable bonds is 6. The van der Waals surface area contributed by atoms with E-state index in [1.807, 2.05) is 39.8 Å². The summed E-state index contributed by atoms with van der Waals surface area (Å²) < 4.78 is 18.0. The second kappa shape index (κ2) is 8.97. The molecule has 2 aromatic carbocycles. The third-order valence-corrected chi connectivity index (χ3v) is 6.46. The predicted octanol–water partition coefficient (Wildman–Crippen LogP) is 5.11. The molecular weight excluding hydrogens is 460 g/mol. The largest absolute Gasteiger partial charge is 0.508 e. The van der Waals surface area contributed by atoms with Crippen molar-refractivity contribution in [2.24, 2.45) is 0 Å². The zero-order chi connectivity index (χ0) is 26.4. The zero-order valence-electron chi connectivity index (χ0n) is 21.4. The summed E-state index contributed by atoms with van der Waals surface area (Å²) in [6.45, 7) is 9.07. The van der Waals surface area contributed by atoms with Crippen molar-refractivity contribution in [1.29, 1.82) is 0 Å². The number of hydrogen-bond acceptors (Lipinski definition) is 7. The van der Waals surface area contributed by atoms with E-state index in [4.69, 9.17) is 14.2 Å². The Morgan fingerprint density at radius 1 is 1.08 bits per heavy atom. The van der Waals surface area contributed by atoms with Crippen LogP contribution in [0.3, 0.4) is 0 Å². The van der Waals surface area contributed by atoms with Gasteiger partial charge in [-0.05, 0) is 70.9 Å². The van der Waals surface area contributed by atoms with E-state index in [2.05, 4.69) is 0 Å². The summed E-state index contributed by atoms with van der Waals surface area (Å²) in [5, 5.41) is 9.79. The molecule has 0 fully saturated rings. The van der Waals surface area contributed by atoms with Crippen LogP contribution in [0.5, 0.6) is 23.0 Å². The molecule has 2 aliphatic rings. The first kappa shape index (κ1) is 25.2. The number of phenols is 1. The molecule has 0 bridgehead atoms. The van der Waals surface area contributed by atoms with Gasteiger partial charge in [-0.3, -0.25) is 14.4 Å². The van der Waals surface area contributed by atoms with Crippen LogP contribution in [-0.2, 0) is 21.4 Å². The maximum Gasteiger partial charge on any atom is 0.330 e. The molecular formula is C29H30O7. The van der Waals surface area contributed by atoms with Crippen molar-refractivity contribution in [3.8, 4) is 23.0 Å². The quantitative estimate of drug-likeness (QED) is 0.260. The first-order valence-corrected chi connectivity index (χ1v) is 11.8. The van der Waals surface area contributed by atoms with Gasteiger partial charge in [0, 0.05) is 12.0 Å². The molecule has 0 aliphatic carbocycles. The number of aromatic hydroxyl groups is 1. The lowest BCUT2D eigenvalue weighted by molar-refractivity contribution is -0.142. The van der Waals surface area contributed by atoms with Gasteiger partial charge in [-0.15, -0.1) is 0 Å². The van der Waals surface area contributed by atoms with E-state index < -0.39 is 29.2 Å². The van der Waals surface area contributed by atoms with Crippen LogP contribution in [-0.4, -0.2) is 35.4 Å². The number of fused-ring (bicyclic) bond motifs is 3. The Hall–Kier alpha value is -3.87. The Morgan fingerprint density at radius 2 is 1.75 bits per heavy atom. The number of ether oxygens (including phenoxy) is 3. The monoisotopic (exact) mass is 490 g/mol. The van der Waals surface area contributed by atoms with Crippen LogP contribution in [0.15, 0.2) is 42.0 Å². The van der Waals surface area contributed by atoms with Crippen LogP contribution in [0.2, 0.25) is 0 Å². The van der Waals surface area contributed by atoms with Gasteiger partial charge in [0.15, 0.2) is 16.9 Å². The molecule has 1 atom stereocenters. The molecule has 7 heteroatoms. The number of hydrogen-bond donors (Lipinski definition) is 1. The number of carbonyl (C=O) groups is 3. The standard InChI is InChI=1S/C29H30O7/c1-16(2)7-12-20-23-21(13-14-28(4,5)36-23)25-22(24(20)34-6)26(32)29(15-17(3)30,27(33)35-25)18-8-10-19(31)11-9-18/h7-11,13-14,31H,12,15H2,1-6H3/t29-/m1/s1. The number of Topliss-reactive ketones (excluding diaryl/α,β-unsaturated/α-hetero) is 2. The number of benzene rings is 2. The van der Waals surface area contributed by atoms with Crippen LogP contribution in [0.25, 0.3) is 6.08 Å². The van der Waals surface area contributed by atoms with Crippen LogP contribution in [0.4, 0.5) is 0 Å². The van der Waals surface area contributed by atoms with E-state index in [0.29, 0.717) is 23.3 Å². The highest BCUT2D eigenvalue weighted by Gasteiger charge is 2.56. The summed E-state index contributed by atoms with van der Waals surface area (Å²) in [6, 6.07) is 5.67. The van der Waals surface area contributed by atoms with E-state index in [1.54, 1.807) is 6.08 Å². The van der Waals surface area contributed by atoms with Crippen molar-refractivity contribution in [2.75, 3.05) is 7.11 Å². The second-order valence-corrected chi connectivity index (χ2v) is 10.0. The van der Waals surface area contributed by atoms with Gasteiger partial charge >= 0.3 is 5.97 Å². The Balaban J connectivity index is 2.06. The number of ketones is 2. The summed E-state index contributed by atoms with van der Waals surface area (Å²) in [7, 11) is 1.45. The molecule has 4 rings (SSSR count). The predicted molar refractivity (Wildman–Crippen MR) is 135 cm³/mol. The third-order valence-electron chi connectivity index (χ3n) is 6.46. The normalized spacial score (nSPS) is 19.5. The van der Waals surface area contributed by atoms with Gasteiger partial charge in [0.25, 0.3) is 0 Å². The third kappa shape index (κ3) is 4.08. The summed E-state index contributed by atoms with van der Waals surface area (Å²) >= 11 is 0. The molecule has 188 valence electrons. The lowest BCUT2D eigenvalue weighted by Gasteiger charge is -2.38. The highest BCUT2D eigenvalue weighted by atomic mass is 16.5. The van der Waals surface area contributed by atoms with Gasteiger partial charge in [0.1, 0.15) is 34.2 Å². The van der Waals surface area contributed by atoms with Gasteiger partial charge in [0.2, 0.25) is 0 Å². The van der Waals surface area contributed by atoms with Crippen LogP contribution in [0, 0.1) is 0 Å². The smallest absolute Gasteiger partial charge is 0.330 e. The molecule has 1 N–H and O–H groups in total. The fourth-order valence-corrected chi connectivity index (χ4v) is 4.74. The Morgan fingerprint density at radius 3 is 2.33 bits per heavy atom. The minimum absolute atomic E-state index is 0.0330. The molecule has 0 saturated carbocycles. The maximum atomic E-state index is 14.4. The van der Waals surface area contributed by atoms with E-state index >= 15 is 0 Å². The van der Waals surface area contributed by atoms with Crippen LogP contribution >= 0.6 is 0 Å². The molecule has 0 spiro atoms. The number of carbonyl (C=O) groups excluding carboxylic acids is 3. The topological polar surface area (TPSA) is 99.1 Å². The Kier molecular flexibility index (Phi) is 6.29. The van der Waals surface area contributed by atoms with E-state index in [1.165, 1.54) is 38.3 Å². The average molecular weight is 491 g/mol. The number of phenolic OH excluding ortho intramolecular Hbond substituents is 1. The lowest BCUT2D eigenvalue weighted by atomic mass is 9.69. The van der Waals surface area contributed by atoms with Crippen molar-refractivity contribution in [2.45, 2.75) is 58.5 Å². The Bertz CT molecular complexity index is 1320. The van der Waals surface area contributed by atoms with Crippen LogP contribution in [0.1, 0.15) is 68.1 Å². The number of allylic oxidation sites excluding steroid dienone is 2. The lowest BCUT2D eigenvalue weighted by Crippen LogP contribution is -2.51. The van der Waals surface area contributed by atoms with Gasteiger partial charge in [-0.25, -0.2) is 0 Å². The molecule has 0 unspecified atom stereocenters. The van der Waals surface area contributed by atoms with Crippen molar-refractivity contribution in [1.82, 2.24) is 0 Å². The zero-order valence-corrected chi connectivity index (χ0v) is 21.4. The van der Waals surface area contributed by atoms with Gasteiger partial charge in [-0.1, -0.05) is 23.8 Å². The first-order chi connectivity index (χ1) is 16.9. The van der Waals surface area contributed by atoms with E-state index in [-0.39, 0.29) is 34.2 Å². The number of esters is 1. The fourth-order valence-electron chi connectivity index (χ4n) is 4.74. The van der Waals surface area contributed by atoms with Crippen molar-refractivity contribution in [3.05, 3.63) is 64.2 Å². The number of methoxy groups -OCH3 is 1. The second-order valence-electron chi connectivity index (χ2n) is 10.0. The highest BCUT2D eigenvalue weighted by Crippen LogP contribution is 2.53. The van der Waals surface area contributed by atoms with E-state index in [9.17, 15) is 19.5 Å². The molecule has 0 amide bonds. The molecule has 2 heterocycles. The van der Waals surface area contributed by atoms with Crippen molar-refractivity contribution >= 4 is 23.6 Å². The molecule has 0 aromatic heterocycles.